The maximum absolute atomic E-state index is 12.7. The number of esters is 1. The van der Waals surface area contributed by atoms with Crippen LogP contribution >= 0.6 is 0 Å². The Morgan fingerprint density at radius 2 is 2.21 bits per heavy atom. The van der Waals surface area contributed by atoms with E-state index < -0.39 is 23.8 Å². The molecule has 76 valence electrons. The zero-order valence-corrected chi connectivity index (χ0v) is 7.13. The molecule has 0 N–H and O–H groups in total. The molecule has 0 fully saturated rings. The van der Waals surface area contributed by atoms with Crippen LogP contribution in [-0.4, -0.2) is 18.1 Å². The Bertz CT molecular complexity index is 354. The first-order valence-electron chi connectivity index (χ1n) is 3.58. The summed E-state index contributed by atoms with van der Waals surface area (Å²) in [6, 6.07) is 0.672. The summed E-state index contributed by atoms with van der Waals surface area (Å²) in [6.45, 7) is 0. The molecule has 0 bridgehead atoms. The van der Waals surface area contributed by atoms with E-state index in [1.54, 1.807) is 0 Å². The van der Waals surface area contributed by atoms with Crippen molar-refractivity contribution in [1.29, 1.82) is 0 Å². The number of hydrogen-bond donors (Lipinski definition) is 0. The Morgan fingerprint density at radius 1 is 1.57 bits per heavy atom. The number of carbonyl (C=O) groups is 1. The van der Waals surface area contributed by atoms with Gasteiger partial charge in [-0.3, -0.25) is 0 Å². The summed E-state index contributed by atoms with van der Waals surface area (Å²) >= 11 is 0. The molecule has 1 aromatic rings. The predicted octanol–water partition coefficient (Wildman–Crippen LogP) is 1.94. The quantitative estimate of drug-likeness (QED) is 0.692. The Labute approximate surface area is 77.5 Å². The summed E-state index contributed by atoms with van der Waals surface area (Å²) in [5.41, 5.74) is -1.20. The highest BCUT2D eigenvalue weighted by Crippen LogP contribution is 2.21. The fourth-order valence-corrected chi connectivity index (χ4v) is 0.838. The molecule has 0 aromatic carbocycles. The molecule has 0 saturated heterocycles. The maximum Gasteiger partial charge on any atom is 0.356 e. The van der Waals surface area contributed by atoms with Crippen LogP contribution in [0.1, 0.15) is 22.5 Å². The second kappa shape index (κ2) is 4.08. The van der Waals surface area contributed by atoms with Crippen molar-refractivity contribution in [2.24, 2.45) is 0 Å². The van der Waals surface area contributed by atoms with Gasteiger partial charge in [0, 0.05) is 0 Å². The molecule has 3 nitrogen and oxygen atoms in total. The number of ether oxygens (including phenoxy) is 1. The summed E-state index contributed by atoms with van der Waals surface area (Å²) < 4.78 is 41.2. The van der Waals surface area contributed by atoms with Crippen molar-refractivity contribution in [2.45, 2.75) is 6.43 Å². The lowest BCUT2D eigenvalue weighted by Crippen LogP contribution is -2.06. The number of rotatable bonds is 2. The van der Waals surface area contributed by atoms with Crippen LogP contribution in [0.25, 0.3) is 0 Å². The van der Waals surface area contributed by atoms with Crippen molar-refractivity contribution in [3.05, 3.63) is 29.3 Å². The van der Waals surface area contributed by atoms with Crippen molar-refractivity contribution >= 4 is 5.97 Å². The number of hydrogen-bond acceptors (Lipinski definition) is 3. The fraction of sp³-hybridized carbons (Fsp3) is 0.250. The Balaban J connectivity index is 3.13. The number of nitrogens with zero attached hydrogens (tertiary/aromatic N) is 1. The molecular weight excluding hydrogens is 199 g/mol. The van der Waals surface area contributed by atoms with Crippen molar-refractivity contribution in [2.75, 3.05) is 7.11 Å². The Morgan fingerprint density at radius 3 is 2.71 bits per heavy atom. The smallest absolute Gasteiger partial charge is 0.356 e. The van der Waals surface area contributed by atoms with Gasteiger partial charge in [0.05, 0.1) is 18.9 Å². The van der Waals surface area contributed by atoms with Gasteiger partial charge in [-0.25, -0.2) is 22.9 Å². The van der Waals surface area contributed by atoms with Crippen LogP contribution in [0.3, 0.4) is 0 Å². The van der Waals surface area contributed by atoms with Crippen LogP contribution in [0.4, 0.5) is 13.2 Å². The maximum atomic E-state index is 12.7. The molecule has 1 aromatic heterocycles. The zero-order chi connectivity index (χ0) is 10.7. The van der Waals surface area contributed by atoms with E-state index in [-0.39, 0.29) is 5.69 Å². The first-order valence-corrected chi connectivity index (χ1v) is 3.58. The fourth-order valence-electron chi connectivity index (χ4n) is 0.838. The molecule has 0 saturated carbocycles. The van der Waals surface area contributed by atoms with Crippen LogP contribution in [0.2, 0.25) is 0 Å². The van der Waals surface area contributed by atoms with Gasteiger partial charge in [-0.15, -0.1) is 0 Å². The average Bonchev–Trinajstić information content (AvgIpc) is 2.17. The minimum Gasteiger partial charge on any atom is -0.464 e. The monoisotopic (exact) mass is 205 g/mol. The molecular formula is C8H6F3NO2. The lowest BCUT2D eigenvalue weighted by atomic mass is 10.2. The van der Waals surface area contributed by atoms with E-state index in [0.29, 0.717) is 12.3 Å². The molecule has 0 aliphatic carbocycles. The number of halogens is 3. The van der Waals surface area contributed by atoms with Crippen molar-refractivity contribution in [1.82, 2.24) is 4.98 Å². The summed E-state index contributed by atoms with van der Waals surface area (Å²) in [7, 11) is 1.08. The van der Waals surface area contributed by atoms with Crippen LogP contribution in [0.5, 0.6) is 0 Å². The van der Waals surface area contributed by atoms with Gasteiger partial charge in [0.15, 0.2) is 0 Å². The molecule has 0 amide bonds. The Kier molecular flexibility index (Phi) is 3.06. The highest BCUT2D eigenvalue weighted by atomic mass is 19.3. The van der Waals surface area contributed by atoms with E-state index in [2.05, 4.69) is 9.72 Å². The highest BCUT2D eigenvalue weighted by Gasteiger charge is 2.17. The number of pyridine rings is 1. The molecule has 0 aliphatic rings. The third-order valence-corrected chi connectivity index (χ3v) is 1.51. The average molecular weight is 205 g/mol. The normalized spacial score (nSPS) is 10.4. The van der Waals surface area contributed by atoms with Gasteiger partial charge in [0.2, 0.25) is 0 Å². The summed E-state index contributed by atoms with van der Waals surface area (Å²) in [6.07, 6.45) is -2.42. The molecule has 1 heterocycles. The first-order chi connectivity index (χ1) is 6.56. The van der Waals surface area contributed by atoms with Crippen LogP contribution < -0.4 is 0 Å². The second-order valence-electron chi connectivity index (χ2n) is 2.38. The Hall–Kier alpha value is -1.59. The zero-order valence-electron chi connectivity index (χ0n) is 7.13. The lowest BCUT2D eigenvalue weighted by Gasteiger charge is -2.03. The van der Waals surface area contributed by atoms with E-state index in [1.807, 2.05) is 0 Å². The summed E-state index contributed by atoms with van der Waals surface area (Å²) in [4.78, 5) is 14.2. The summed E-state index contributed by atoms with van der Waals surface area (Å²) in [5, 5.41) is 0. The largest absolute Gasteiger partial charge is 0.464 e. The lowest BCUT2D eigenvalue weighted by molar-refractivity contribution is 0.0593. The minimum atomic E-state index is -2.98. The molecule has 6 heteroatoms. The summed E-state index contributed by atoms with van der Waals surface area (Å²) in [5.74, 6) is -2.03. The standard InChI is InChI=1S/C8H6F3NO2/c1-14-8(13)6-2-4(7(10)11)5(9)3-12-6/h2-3,7H,1H3. The molecule has 0 aliphatic heterocycles. The number of aromatic nitrogens is 1. The van der Waals surface area contributed by atoms with Crippen LogP contribution in [0, 0.1) is 5.82 Å². The topological polar surface area (TPSA) is 39.2 Å². The number of methoxy groups -OCH3 is 1. The van der Waals surface area contributed by atoms with Gasteiger partial charge in [-0.1, -0.05) is 0 Å². The van der Waals surface area contributed by atoms with E-state index in [0.717, 1.165) is 7.11 Å². The number of alkyl halides is 2. The van der Waals surface area contributed by atoms with Gasteiger partial charge in [0.25, 0.3) is 6.43 Å². The van der Waals surface area contributed by atoms with Crippen molar-refractivity contribution in [3.8, 4) is 0 Å². The highest BCUT2D eigenvalue weighted by molar-refractivity contribution is 5.87. The molecule has 0 radical (unpaired) electrons. The SMILES string of the molecule is COC(=O)c1cc(C(F)F)c(F)cn1. The first kappa shape index (κ1) is 10.5. The third kappa shape index (κ3) is 2.01. The van der Waals surface area contributed by atoms with Gasteiger partial charge >= 0.3 is 5.97 Å². The molecule has 0 unspecified atom stereocenters. The van der Waals surface area contributed by atoms with Gasteiger partial charge < -0.3 is 4.74 Å². The third-order valence-electron chi connectivity index (χ3n) is 1.51. The predicted molar refractivity (Wildman–Crippen MR) is 40.5 cm³/mol. The van der Waals surface area contributed by atoms with Crippen LogP contribution in [0.15, 0.2) is 12.3 Å². The van der Waals surface area contributed by atoms with E-state index >= 15 is 0 Å². The van der Waals surface area contributed by atoms with E-state index in [9.17, 15) is 18.0 Å². The van der Waals surface area contributed by atoms with E-state index in [4.69, 9.17) is 0 Å². The minimum absolute atomic E-state index is 0.343. The van der Waals surface area contributed by atoms with Crippen molar-refractivity contribution < 1.29 is 22.7 Å². The van der Waals surface area contributed by atoms with Gasteiger partial charge in [0.1, 0.15) is 11.5 Å². The molecule has 0 atom stereocenters. The molecule has 0 spiro atoms. The molecule has 1 rings (SSSR count). The van der Waals surface area contributed by atoms with E-state index in [1.165, 1.54) is 0 Å². The number of carbonyl (C=O) groups excluding carboxylic acids is 1. The van der Waals surface area contributed by atoms with Crippen molar-refractivity contribution in [3.63, 3.8) is 0 Å². The van der Waals surface area contributed by atoms with Gasteiger partial charge in [-0.2, -0.15) is 0 Å². The van der Waals surface area contributed by atoms with Gasteiger partial charge in [-0.05, 0) is 6.07 Å². The molecule has 14 heavy (non-hydrogen) atoms. The second-order valence-corrected chi connectivity index (χ2v) is 2.38. The van der Waals surface area contributed by atoms with Crippen LogP contribution in [-0.2, 0) is 4.74 Å².